The maximum absolute atomic E-state index is 12.4. The second-order valence-electron chi connectivity index (χ2n) is 6.49. The SMILES string of the molecule is O=C(CCc1ccc(Cl)cc1)N1CCN(C(=O)COc2ccccc2)CC1. The molecule has 142 valence electrons. The Morgan fingerprint density at radius 1 is 0.852 bits per heavy atom. The first-order chi connectivity index (χ1) is 13.1. The molecule has 0 N–H and O–H groups in total. The maximum Gasteiger partial charge on any atom is 0.260 e. The fourth-order valence-corrected chi connectivity index (χ4v) is 3.14. The molecule has 0 unspecified atom stereocenters. The molecule has 3 rings (SSSR count). The molecular formula is C21H23ClN2O3. The van der Waals surface area contributed by atoms with E-state index in [1.807, 2.05) is 59.5 Å². The first kappa shape index (κ1) is 19.2. The lowest BCUT2D eigenvalue weighted by atomic mass is 10.1. The fraction of sp³-hybridized carbons (Fsp3) is 0.333. The molecule has 6 heteroatoms. The van der Waals surface area contributed by atoms with E-state index in [1.165, 1.54) is 0 Å². The van der Waals surface area contributed by atoms with Crippen LogP contribution in [0.1, 0.15) is 12.0 Å². The van der Waals surface area contributed by atoms with Crippen LogP contribution in [-0.2, 0) is 16.0 Å². The van der Waals surface area contributed by atoms with E-state index >= 15 is 0 Å². The van der Waals surface area contributed by atoms with Crippen LogP contribution < -0.4 is 4.74 Å². The summed E-state index contributed by atoms with van der Waals surface area (Å²) >= 11 is 5.88. The second kappa shape index (κ2) is 9.42. The Balaban J connectivity index is 1.39. The number of amides is 2. The van der Waals surface area contributed by atoms with Crippen molar-refractivity contribution >= 4 is 23.4 Å². The van der Waals surface area contributed by atoms with Crippen LogP contribution in [0, 0.1) is 0 Å². The molecule has 0 spiro atoms. The number of carbonyl (C=O) groups excluding carboxylic acids is 2. The van der Waals surface area contributed by atoms with Crippen LogP contribution in [-0.4, -0.2) is 54.4 Å². The third-order valence-electron chi connectivity index (χ3n) is 4.63. The number of aryl methyl sites for hydroxylation is 1. The van der Waals surface area contributed by atoms with Crippen molar-refractivity contribution in [1.82, 2.24) is 9.80 Å². The number of carbonyl (C=O) groups is 2. The lowest BCUT2D eigenvalue weighted by molar-refractivity contribution is -0.140. The number of hydrogen-bond acceptors (Lipinski definition) is 3. The first-order valence-electron chi connectivity index (χ1n) is 9.09. The van der Waals surface area contributed by atoms with Gasteiger partial charge >= 0.3 is 0 Å². The molecule has 0 atom stereocenters. The third-order valence-corrected chi connectivity index (χ3v) is 4.88. The summed E-state index contributed by atoms with van der Waals surface area (Å²) < 4.78 is 5.51. The van der Waals surface area contributed by atoms with Crippen LogP contribution in [0.4, 0.5) is 0 Å². The first-order valence-corrected chi connectivity index (χ1v) is 9.47. The van der Waals surface area contributed by atoms with Gasteiger partial charge in [-0.3, -0.25) is 9.59 Å². The van der Waals surface area contributed by atoms with Crippen molar-refractivity contribution in [3.05, 3.63) is 65.2 Å². The Bertz CT molecular complexity index is 757. The molecule has 1 aliphatic heterocycles. The van der Waals surface area contributed by atoms with Gasteiger partial charge in [-0.1, -0.05) is 41.9 Å². The summed E-state index contributed by atoms with van der Waals surface area (Å²) in [4.78, 5) is 28.3. The summed E-state index contributed by atoms with van der Waals surface area (Å²) in [7, 11) is 0. The molecule has 0 saturated carbocycles. The molecule has 0 aliphatic carbocycles. The van der Waals surface area contributed by atoms with Gasteiger partial charge in [-0.2, -0.15) is 0 Å². The lowest BCUT2D eigenvalue weighted by Crippen LogP contribution is -2.51. The summed E-state index contributed by atoms with van der Waals surface area (Å²) in [5, 5.41) is 0.696. The van der Waals surface area contributed by atoms with Crippen LogP contribution in [0.3, 0.4) is 0 Å². The monoisotopic (exact) mass is 386 g/mol. The third kappa shape index (κ3) is 5.73. The maximum atomic E-state index is 12.4. The highest BCUT2D eigenvalue weighted by atomic mass is 35.5. The Morgan fingerprint density at radius 2 is 1.44 bits per heavy atom. The molecule has 1 aliphatic rings. The average molecular weight is 387 g/mol. The Labute approximate surface area is 164 Å². The number of para-hydroxylation sites is 1. The number of rotatable bonds is 6. The molecule has 1 fully saturated rings. The van der Waals surface area contributed by atoms with Crippen molar-refractivity contribution in [3.8, 4) is 5.75 Å². The zero-order chi connectivity index (χ0) is 19.1. The van der Waals surface area contributed by atoms with Crippen LogP contribution in [0.25, 0.3) is 0 Å². The minimum Gasteiger partial charge on any atom is -0.484 e. The predicted molar refractivity (Wildman–Crippen MR) is 105 cm³/mol. The minimum atomic E-state index is -0.0490. The number of benzene rings is 2. The van der Waals surface area contributed by atoms with E-state index in [1.54, 1.807) is 4.90 Å². The van der Waals surface area contributed by atoms with Crippen molar-refractivity contribution < 1.29 is 14.3 Å². The number of halogens is 1. The van der Waals surface area contributed by atoms with Gasteiger partial charge in [-0.15, -0.1) is 0 Å². The molecule has 1 saturated heterocycles. The van der Waals surface area contributed by atoms with Gasteiger partial charge in [-0.25, -0.2) is 0 Å². The van der Waals surface area contributed by atoms with E-state index in [4.69, 9.17) is 16.3 Å². The van der Waals surface area contributed by atoms with Crippen molar-refractivity contribution in [1.29, 1.82) is 0 Å². The van der Waals surface area contributed by atoms with E-state index < -0.39 is 0 Å². The highest BCUT2D eigenvalue weighted by molar-refractivity contribution is 6.30. The predicted octanol–water partition coefficient (Wildman–Crippen LogP) is 3.02. The number of hydrogen-bond donors (Lipinski definition) is 0. The second-order valence-corrected chi connectivity index (χ2v) is 6.93. The Kier molecular flexibility index (Phi) is 6.71. The topological polar surface area (TPSA) is 49.9 Å². The van der Waals surface area contributed by atoms with Crippen LogP contribution >= 0.6 is 11.6 Å². The van der Waals surface area contributed by atoms with Crippen LogP contribution in [0.5, 0.6) is 5.75 Å². The molecule has 2 amide bonds. The quantitative estimate of drug-likeness (QED) is 0.766. The molecular weight excluding hydrogens is 364 g/mol. The van der Waals surface area contributed by atoms with Gasteiger partial charge < -0.3 is 14.5 Å². The van der Waals surface area contributed by atoms with Crippen molar-refractivity contribution in [2.45, 2.75) is 12.8 Å². The van der Waals surface area contributed by atoms with Gasteiger partial charge in [0.15, 0.2) is 6.61 Å². The van der Waals surface area contributed by atoms with Crippen LogP contribution in [0.2, 0.25) is 5.02 Å². The molecule has 1 heterocycles. The standard InChI is InChI=1S/C21H23ClN2O3/c22-18-9-6-17(7-10-18)8-11-20(25)23-12-14-24(15-13-23)21(26)16-27-19-4-2-1-3-5-19/h1-7,9-10H,8,11-16H2. The van der Waals surface area contributed by atoms with Crippen molar-refractivity contribution in [2.24, 2.45) is 0 Å². The van der Waals surface area contributed by atoms with Gasteiger partial charge in [0.2, 0.25) is 5.91 Å². The van der Waals surface area contributed by atoms with Gasteiger partial charge in [0.05, 0.1) is 0 Å². The zero-order valence-electron chi connectivity index (χ0n) is 15.1. The summed E-state index contributed by atoms with van der Waals surface area (Å²) in [6.07, 6.45) is 1.16. The van der Waals surface area contributed by atoms with Gasteiger partial charge in [0, 0.05) is 37.6 Å². The molecule has 0 radical (unpaired) electrons. The van der Waals surface area contributed by atoms with E-state index in [0.29, 0.717) is 49.8 Å². The normalized spacial score (nSPS) is 14.1. The highest BCUT2D eigenvalue weighted by Gasteiger charge is 2.24. The fourth-order valence-electron chi connectivity index (χ4n) is 3.02. The molecule has 2 aromatic carbocycles. The number of nitrogens with zero attached hydrogens (tertiary/aromatic N) is 2. The summed E-state index contributed by atoms with van der Waals surface area (Å²) in [5.41, 5.74) is 1.10. The average Bonchev–Trinajstić information content (AvgIpc) is 2.72. The van der Waals surface area contributed by atoms with Crippen molar-refractivity contribution in [2.75, 3.05) is 32.8 Å². The minimum absolute atomic E-state index is 0.0223. The number of ether oxygens (including phenoxy) is 1. The van der Waals surface area contributed by atoms with E-state index in [-0.39, 0.29) is 18.4 Å². The highest BCUT2D eigenvalue weighted by Crippen LogP contribution is 2.13. The van der Waals surface area contributed by atoms with Gasteiger partial charge in [-0.05, 0) is 36.2 Å². The van der Waals surface area contributed by atoms with Gasteiger partial charge in [0.25, 0.3) is 5.91 Å². The largest absolute Gasteiger partial charge is 0.484 e. The molecule has 27 heavy (non-hydrogen) atoms. The molecule has 2 aromatic rings. The van der Waals surface area contributed by atoms with Crippen molar-refractivity contribution in [3.63, 3.8) is 0 Å². The Hall–Kier alpha value is -2.53. The van der Waals surface area contributed by atoms with E-state index in [0.717, 1.165) is 5.56 Å². The summed E-state index contributed by atoms with van der Waals surface area (Å²) in [6, 6.07) is 16.8. The lowest BCUT2D eigenvalue weighted by Gasteiger charge is -2.34. The summed E-state index contributed by atoms with van der Waals surface area (Å²) in [5.74, 6) is 0.756. The van der Waals surface area contributed by atoms with Crippen LogP contribution in [0.15, 0.2) is 54.6 Å². The zero-order valence-corrected chi connectivity index (χ0v) is 15.9. The summed E-state index contributed by atoms with van der Waals surface area (Å²) in [6.45, 7) is 2.24. The van der Waals surface area contributed by atoms with E-state index in [2.05, 4.69) is 0 Å². The van der Waals surface area contributed by atoms with Gasteiger partial charge in [0.1, 0.15) is 5.75 Å². The molecule has 0 bridgehead atoms. The van der Waals surface area contributed by atoms with E-state index in [9.17, 15) is 9.59 Å². The Morgan fingerprint density at radius 3 is 2.07 bits per heavy atom. The number of piperazine rings is 1. The molecule has 5 nitrogen and oxygen atoms in total. The smallest absolute Gasteiger partial charge is 0.260 e. The molecule has 0 aromatic heterocycles.